The molecule has 0 heterocycles. The lowest BCUT2D eigenvalue weighted by atomic mass is 10.1. The summed E-state index contributed by atoms with van der Waals surface area (Å²) in [4.78, 5) is 0. The first-order valence-corrected chi connectivity index (χ1v) is 16.2. The van der Waals surface area contributed by atoms with Gasteiger partial charge in [-0.05, 0) is 0 Å². The second-order valence-corrected chi connectivity index (χ2v) is 15.3. The molecule has 224 valence electrons. The van der Waals surface area contributed by atoms with Gasteiger partial charge in [-0.3, -0.25) is 0 Å². The lowest BCUT2D eigenvalue weighted by molar-refractivity contribution is -0.0651. The van der Waals surface area contributed by atoms with E-state index in [2.05, 4.69) is 36.0 Å². The Labute approximate surface area is 200 Å². The van der Waals surface area contributed by atoms with Crippen LogP contribution in [-0.2, 0) is 56.9 Å². The molecule has 0 amide bonds. The smallest absolute Gasteiger partial charge is 0.398 e. The molecule has 30 heteroatoms. The van der Waals surface area contributed by atoms with Crippen molar-refractivity contribution in [3.63, 3.8) is 0 Å². The number of hydrogen-bond donors (Lipinski definition) is 0. The summed E-state index contributed by atoms with van der Waals surface area (Å²) < 4.78 is 244. The molecule has 37 heavy (non-hydrogen) atoms. The van der Waals surface area contributed by atoms with E-state index < -0.39 is 69.5 Å². The van der Waals surface area contributed by atoms with Crippen LogP contribution in [0, 0.1) is 0 Å². The van der Waals surface area contributed by atoms with Crippen molar-refractivity contribution in [1.29, 1.82) is 0 Å². The van der Waals surface area contributed by atoms with Gasteiger partial charge in [0.15, 0.2) is 0 Å². The van der Waals surface area contributed by atoms with E-state index in [4.69, 9.17) is 0 Å². The average molecular weight is 680 g/mol. The Morgan fingerprint density at radius 2 is 0.541 bits per heavy atom. The Balaban J connectivity index is 0. The van der Waals surface area contributed by atoms with E-state index in [-0.39, 0.29) is 8.80 Å². The molecule has 0 aliphatic heterocycles. The van der Waals surface area contributed by atoms with Crippen molar-refractivity contribution in [2.24, 2.45) is 0 Å². The van der Waals surface area contributed by atoms with Crippen molar-refractivity contribution in [2.75, 3.05) is 0 Å². The van der Waals surface area contributed by atoms with Crippen molar-refractivity contribution in [1.82, 2.24) is 0 Å². The lowest BCUT2D eigenvalue weighted by Crippen LogP contribution is -2.59. The fourth-order valence-electron chi connectivity index (χ4n) is 0.935. The topological polar surface area (TPSA) is 173 Å². The van der Waals surface area contributed by atoms with Gasteiger partial charge in [0.25, 0.3) is 0 Å². The maximum absolute atomic E-state index is 12.4. The predicted octanol–water partition coefficient (Wildman–Crippen LogP) is 2.26. The molecular weight excluding hydrogens is 671 g/mol. The van der Waals surface area contributed by atoms with E-state index in [0.717, 1.165) is 0 Å². The standard InChI is InChI=1S/C4BF12O12S4.C3H9Si/c6-1(7,8)30(18,19)26-5(27-31(20,21)2(9,10)11,28-32(22,23)3(12,13)14)29-33(24,25)4(15,16)17;1-4(2)3/h;1-3H3/q-1;+1. The van der Waals surface area contributed by atoms with Crippen LogP contribution in [0.4, 0.5) is 52.7 Å². The van der Waals surface area contributed by atoms with Gasteiger partial charge in [0.2, 0.25) is 0 Å². The van der Waals surface area contributed by atoms with Gasteiger partial charge in [0.1, 0.15) is 0 Å². The van der Waals surface area contributed by atoms with Crippen LogP contribution in [-0.4, -0.2) is 71.5 Å². The second-order valence-electron chi connectivity index (χ2n) is 6.06. The highest BCUT2D eigenvalue weighted by molar-refractivity contribution is 7.93. The minimum absolute atomic E-state index is 0.120. The van der Waals surface area contributed by atoms with Crippen LogP contribution in [0.25, 0.3) is 0 Å². The minimum Gasteiger partial charge on any atom is -0.398 e. The molecule has 0 aromatic rings. The molecule has 0 spiro atoms. The molecule has 0 saturated heterocycles. The van der Waals surface area contributed by atoms with Gasteiger partial charge < -0.3 is 16.4 Å². The van der Waals surface area contributed by atoms with Gasteiger partial charge in [-0.25, -0.2) is 0 Å². The largest absolute Gasteiger partial charge is 0.587 e. The first kappa shape index (κ1) is 38.2. The van der Waals surface area contributed by atoms with Crippen LogP contribution in [0.3, 0.4) is 0 Å². The van der Waals surface area contributed by atoms with Gasteiger partial charge in [0.05, 0.1) is 19.6 Å². The summed E-state index contributed by atoms with van der Waals surface area (Å²) in [6.45, 7) is -1.08. The Morgan fingerprint density at radius 3 is 0.622 bits per heavy atom. The van der Waals surface area contributed by atoms with E-state index in [1.54, 1.807) is 0 Å². The summed E-state index contributed by atoms with van der Waals surface area (Å²) >= 11 is 0. The van der Waals surface area contributed by atoms with Crippen LogP contribution in [0.1, 0.15) is 0 Å². The van der Waals surface area contributed by atoms with Crippen LogP contribution >= 0.6 is 0 Å². The van der Waals surface area contributed by atoms with Gasteiger partial charge in [-0.1, -0.05) is 0 Å². The highest BCUT2D eigenvalue weighted by Gasteiger charge is 2.64. The molecule has 0 unspecified atom stereocenters. The number of alkyl halides is 12. The fourth-order valence-corrected chi connectivity index (χ4v) is 3.38. The Bertz CT molecular complexity index is 1020. The van der Waals surface area contributed by atoms with Gasteiger partial charge in [-0.15, -0.1) is 0 Å². The second kappa shape index (κ2) is 11.3. The van der Waals surface area contributed by atoms with E-state index in [0.29, 0.717) is 0 Å². The van der Waals surface area contributed by atoms with Crippen molar-refractivity contribution in [3.8, 4) is 0 Å². The molecule has 12 nitrogen and oxygen atoms in total. The van der Waals surface area contributed by atoms with Crippen molar-refractivity contribution in [2.45, 2.75) is 41.7 Å². The quantitative estimate of drug-likeness (QED) is 0.208. The molecule has 0 aromatic carbocycles. The van der Waals surface area contributed by atoms with E-state index in [1.807, 2.05) is 0 Å². The Morgan fingerprint density at radius 1 is 0.432 bits per heavy atom. The number of hydrogen-bond acceptors (Lipinski definition) is 12. The van der Waals surface area contributed by atoms with Crippen LogP contribution < -0.4 is 0 Å². The van der Waals surface area contributed by atoms with Gasteiger partial charge in [0, 0.05) is 0 Å². The Kier molecular flexibility index (Phi) is 11.7. The average Bonchev–Trinajstić information content (AvgIpc) is 2.46. The summed E-state index contributed by atoms with van der Waals surface area (Å²) in [6.07, 6.45) is 0. The fraction of sp³-hybridized carbons (Fsp3) is 1.00. The molecule has 0 fully saturated rings. The zero-order valence-corrected chi connectivity index (χ0v) is 21.4. The third-order valence-corrected chi connectivity index (χ3v) is 6.34. The molecule has 0 atom stereocenters. The number of rotatable bonds is 8. The van der Waals surface area contributed by atoms with Crippen molar-refractivity contribution in [3.05, 3.63) is 0 Å². The molecular formula is C7H9BF12O12S4Si. The van der Waals surface area contributed by atoms with Crippen molar-refractivity contribution < 1.29 is 103 Å². The maximum atomic E-state index is 12.4. The van der Waals surface area contributed by atoms with Crippen LogP contribution in [0.5, 0.6) is 0 Å². The minimum atomic E-state index is -8.05. The summed E-state index contributed by atoms with van der Waals surface area (Å²) in [5.74, 6) is 0. The van der Waals surface area contributed by atoms with Crippen molar-refractivity contribution >= 4 is 56.2 Å². The molecule has 0 radical (unpaired) electrons. The molecule has 0 N–H and O–H groups in total. The first-order chi connectivity index (χ1) is 15.6. The molecule has 0 rings (SSSR count). The predicted molar refractivity (Wildman–Crippen MR) is 93.3 cm³/mol. The summed E-state index contributed by atoms with van der Waals surface area (Å²) in [7, 11) is -32.1. The first-order valence-electron chi connectivity index (χ1n) is 7.53. The van der Waals surface area contributed by atoms with Crippen LogP contribution in [0.15, 0.2) is 0 Å². The monoisotopic (exact) mass is 680 g/mol. The maximum Gasteiger partial charge on any atom is 0.587 e. The SMILES string of the molecule is C[Si+](C)C.O=S(=O)(O[B-](OS(=O)(=O)C(F)(F)F)(OS(=O)(=O)C(F)(F)F)OS(=O)(=O)C(F)(F)F)C(F)(F)F. The molecule has 0 aliphatic carbocycles. The summed E-state index contributed by atoms with van der Waals surface area (Å²) in [5, 5.41) is 0. The van der Waals surface area contributed by atoms with E-state index >= 15 is 0 Å². The normalized spacial score (nSPS) is 15.1. The van der Waals surface area contributed by atoms with Gasteiger partial charge in [-0.2, -0.15) is 86.4 Å². The molecule has 0 aliphatic rings. The highest BCUT2D eigenvalue weighted by Crippen LogP contribution is 2.39. The Hall–Kier alpha value is -0.918. The third kappa shape index (κ3) is 11.0. The van der Waals surface area contributed by atoms with Gasteiger partial charge >= 0.3 is 78.3 Å². The lowest BCUT2D eigenvalue weighted by Gasteiger charge is -2.37. The summed E-state index contributed by atoms with van der Waals surface area (Å²) in [5.41, 5.74) is -28.5. The molecule has 0 bridgehead atoms. The van der Waals surface area contributed by atoms with E-state index in [1.165, 1.54) is 0 Å². The molecule has 0 aromatic heterocycles. The third-order valence-electron chi connectivity index (χ3n) is 2.11. The zero-order chi connectivity index (χ0) is 30.9. The number of halogens is 12. The molecule has 0 saturated carbocycles. The highest BCUT2D eigenvalue weighted by atomic mass is 32.2. The van der Waals surface area contributed by atoms with E-state index in [9.17, 15) is 86.4 Å². The summed E-state index contributed by atoms with van der Waals surface area (Å²) in [6, 6.07) is 0. The zero-order valence-electron chi connectivity index (χ0n) is 17.1. The van der Waals surface area contributed by atoms with Crippen LogP contribution in [0.2, 0.25) is 19.6 Å².